The van der Waals surface area contributed by atoms with Crippen LogP contribution < -0.4 is 10.6 Å². The number of anilines is 1. The third-order valence-corrected chi connectivity index (χ3v) is 7.66. The van der Waals surface area contributed by atoms with E-state index in [0.717, 1.165) is 42.7 Å². The number of carbonyl (C=O) groups is 2. The molecule has 5 nitrogen and oxygen atoms in total. The molecule has 0 unspecified atom stereocenters. The van der Waals surface area contributed by atoms with Crippen LogP contribution in [0.5, 0.6) is 0 Å². The van der Waals surface area contributed by atoms with Crippen molar-refractivity contribution >= 4 is 28.3 Å². The smallest absolute Gasteiger partial charge is 0.226 e. The lowest BCUT2D eigenvalue weighted by Gasteiger charge is -2.55. The number of amides is 2. The summed E-state index contributed by atoms with van der Waals surface area (Å²) in [6.45, 7) is 6.92. The minimum atomic E-state index is -0.0960. The van der Waals surface area contributed by atoms with Crippen molar-refractivity contribution in [2.45, 2.75) is 77.6 Å². The molecule has 4 aliphatic rings. The molecule has 28 heavy (non-hydrogen) atoms. The first-order valence-electron chi connectivity index (χ1n) is 10.8. The van der Waals surface area contributed by atoms with Crippen LogP contribution in [0, 0.1) is 23.2 Å². The average molecular weight is 404 g/mol. The molecule has 0 spiro atoms. The van der Waals surface area contributed by atoms with Crippen molar-refractivity contribution in [2.24, 2.45) is 23.2 Å². The Morgan fingerprint density at radius 1 is 1.14 bits per heavy atom. The molecule has 0 aliphatic heterocycles. The fourth-order valence-electron chi connectivity index (χ4n) is 5.88. The van der Waals surface area contributed by atoms with Crippen LogP contribution in [0.1, 0.15) is 77.8 Å². The van der Waals surface area contributed by atoms with Gasteiger partial charge in [0, 0.05) is 29.2 Å². The predicted molar refractivity (Wildman–Crippen MR) is 112 cm³/mol. The third kappa shape index (κ3) is 4.12. The maximum absolute atomic E-state index is 12.9. The quantitative estimate of drug-likeness (QED) is 0.688. The molecule has 0 radical (unpaired) electrons. The summed E-state index contributed by atoms with van der Waals surface area (Å²) < 4.78 is 0. The summed E-state index contributed by atoms with van der Waals surface area (Å²) in [5.74, 6) is 2.55. The maximum atomic E-state index is 12.9. The fraction of sp³-hybridized carbons (Fsp3) is 0.773. The molecule has 1 heterocycles. The number of carbonyl (C=O) groups excluding carboxylic acids is 2. The van der Waals surface area contributed by atoms with Crippen LogP contribution in [-0.4, -0.2) is 23.3 Å². The molecule has 2 amide bonds. The first kappa shape index (κ1) is 19.9. The number of hydrogen-bond acceptors (Lipinski definition) is 4. The predicted octanol–water partition coefficient (Wildman–Crippen LogP) is 4.49. The zero-order chi connectivity index (χ0) is 19.9. The molecular weight excluding hydrogens is 370 g/mol. The van der Waals surface area contributed by atoms with Crippen molar-refractivity contribution < 1.29 is 9.59 Å². The van der Waals surface area contributed by atoms with Gasteiger partial charge in [-0.15, -0.1) is 11.3 Å². The number of nitrogens with one attached hydrogen (secondary N) is 2. The Kier molecular flexibility index (Phi) is 5.27. The lowest BCUT2D eigenvalue weighted by Crippen LogP contribution is -2.53. The molecular formula is C22H33N3O2S. The van der Waals surface area contributed by atoms with Crippen LogP contribution in [0.4, 0.5) is 5.13 Å². The monoisotopic (exact) mass is 403 g/mol. The van der Waals surface area contributed by atoms with Crippen LogP contribution in [0.15, 0.2) is 5.38 Å². The number of rotatable bonds is 6. The molecule has 0 aromatic carbocycles. The van der Waals surface area contributed by atoms with E-state index in [1.54, 1.807) is 0 Å². The van der Waals surface area contributed by atoms with Gasteiger partial charge in [-0.25, -0.2) is 4.98 Å². The van der Waals surface area contributed by atoms with E-state index in [1.807, 2.05) is 5.38 Å². The topological polar surface area (TPSA) is 71.1 Å². The fourth-order valence-corrected chi connectivity index (χ4v) is 6.84. The van der Waals surface area contributed by atoms with Crippen molar-refractivity contribution in [1.82, 2.24) is 10.3 Å². The van der Waals surface area contributed by atoms with Crippen molar-refractivity contribution in [3.8, 4) is 0 Å². The highest BCUT2D eigenvalue weighted by atomic mass is 32.1. The number of hydrogen-bond donors (Lipinski definition) is 2. The highest BCUT2D eigenvalue weighted by molar-refractivity contribution is 7.13. The van der Waals surface area contributed by atoms with Crippen LogP contribution in [-0.2, 0) is 15.0 Å². The highest BCUT2D eigenvalue weighted by Gasteiger charge is 2.54. The van der Waals surface area contributed by atoms with Crippen molar-refractivity contribution in [1.29, 1.82) is 0 Å². The Bertz CT molecular complexity index is 714. The maximum Gasteiger partial charge on any atom is 0.226 e. The summed E-state index contributed by atoms with van der Waals surface area (Å²) >= 11 is 1.47. The minimum Gasteiger partial charge on any atom is -0.356 e. The second-order valence-electron chi connectivity index (χ2n) is 10.4. The van der Waals surface area contributed by atoms with Crippen molar-refractivity contribution in [3.05, 3.63) is 11.1 Å². The Morgan fingerprint density at radius 3 is 2.29 bits per heavy atom. The van der Waals surface area contributed by atoms with E-state index in [2.05, 4.69) is 36.4 Å². The van der Waals surface area contributed by atoms with E-state index in [-0.39, 0.29) is 22.6 Å². The molecule has 6 heteroatoms. The summed E-state index contributed by atoms with van der Waals surface area (Å²) in [6.07, 6.45) is 8.39. The summed E-state index contributed by atoms with van der Waals surface area (Å²) in [5.41, 5.74) is 0.887. The Morgan fingerprint density at radius 2 is 1.75 bits per heavy atom. The van der Waals surface area contributed by atoms with Gasteiger partial charge >= 0.3 is 0 Å². The number of aromatic nitrogens is 1. The van der Waals surface area contributed by atoms with Crippen molar-refractivity contribution in [2.75, 3.05) is 11.9 Å². The van der Waals surface area contributed by atoms with Gasteiger partial charge in [-0.1, -0.05) is 20.8 Å². The van der Waals surface area contributed by atoms with Crippen LogP contribution in [0.25, 0.3) is 0 Å². The van der Waals surface area contributed by atoms with E-state index in [0.29, 0.717) is 24.5 Å². The van der Waals surface area contributed by atoms with Gasteiger partial charge in [0.1, 0.15) is 0 Å². The minimum absolute atomic E-state index is 0.0129. The van der Waals surface area contributed by atoms with E-state index in [4.69, 9.17) is 0 Å². The zero-order valence-corrected chi connectivity index (χ0v) is 18.2. The average Bonchev–Trinajstić information content (AvgIpc) is 3.06. The van der Waals surface area contributed by atoms with Crippen molar-refractivity contribution in [3.63, 3.8) is 0 Å². The molecule has 4 saturated carbocycles. The second-order valence-corrected chi connectivity index (χ2v) is 11.3. The first-order valence-corrected chi connectivity index (χ1v) is 11.7. The summed E-state index contributed by atoms with van der Waals surface area (Å²) in [6, 6.07) is 0. The summed E-state index contributed by atoms with van der Waals surface area (Å²) in [4.78, 5) is 29.6. The van der Waals surface area contributed by atoms with Gasteiger partial charge in [-0.2, -0.15) is 0 Å². The third-order valence-electron chi connectivity index (χ3n) is 6.91. The van der Waals surface area contributed by atoms with Gasteiger partial charge in [-0.05, 0) is 62.7 Å². The molecule has 4 aliphatic carbocycles. The highest BCUT2D eigenvalue weighted by Crippen LogP contribution is 2.60. The second kappa shape index (κ2) is 7.43. The van der Waals surface area contributed by atoms with Crippen LogP contribution in [0.3, 0.4) is 0 Å². The molecule has 0 saturated heterocycles. The zero-order valence-electron chi connectivity index (χ0n) is 17.3. The van der Waals surface area contributed by atoms with E-state index in [9.17, 15) is 9.59 Å². The molecule has 0 atom stereocenters. The molecule has 5 rings (SSSR count). The van der Waals surface area contributed by atoms with Gasteiger partial charge in [0.25, 0.3) is 0 Å². The molecule has 1 aromatic rings. The Balaban J connectivity index is 1.20. The molecule has 4 bridgehead atoms. The molecule has 2 N–H and O–H groups in total. The van der Waals surface area contributed by atoms with Crippen LogP contribution >= 0.6 is 11.3 Å². The Hall–Kier alpha value is -1.43. The van der Waals surface area contributed by atoms with Crippen LogP contribution in [0.2, 0.25) is 0 Å². The SMILES string of the molecule is CC(C)(C)c1csc(NC(=O)CCCNC(=O)C23CC4CC(CC(C4)C2)C3)n1. The number of thiazole rings is 1. The summed E-state index contributed by atoms with van der Waals surface area (Å²) in [7, 11) is 0. The van der Waals surface area contributed by atoms with Gasteiger partial charge in [0.2, 0.25) is 11.8 Å². The van der Waals surface area contributed by atoms with Gasteiger partial charge < -0.3 is 10.6 Å². The lowest BCUT2D eigenvalue weighted by molar-refractivity contribution is -0.146. The standard InChI is InChI=1S/C22H33N3O2S/c1-21(2,3)17-13-28-20(24-17)25-18(26)5-4-6-23-19(27)22-10-14-7-15(11-22)9-16(8-14)12-22/h13-16H,4-12H2,1-3H3,(H,23,27)(H,24,25,26). The van der Waals surface area contributed by atoms with E-state index >= 15 is 0 Å². The number of nitrogens with zero attached hydrogens (tertiary/aromatic N) is 1. The lowest BCUT2D eigenvalue weighted by atomic mass is 9.49. The summed E-state index contributed by atoms with van der Waals surface area (Å²) in [5, 5.41) is 8.70. The Labute approximate surface area is 172 Å². The largest absolute Gasteiger partial charge is 0.356 e. The van der Waals surface area contributed by atoms with Gasteiger partial charge in [0.05, 0.1) is 5.69 Å². The molecule has 4 fully saturated rings. The first-order chi connectivity index (χ1) is 13.2. The van der Waals surface area contributed by atoms with Gasteiger partial charge in [-0.3, -0.25) is 9.59 Å². The molecule has 1 aromatic heterocycles. The van der Waals surface area contributed by atoms with Gasteiger partial charge in [0.15, 0.2) is 5.13 Å². The van der Waals surface area contributed by atoms with E-state index in [1.165, 1.54) is 30.6 Å². The normalized spacial score (nSPS) is 31.0. The molecule has 154 valence electrons. The van der Waals surface area contributed by atoms with E-state index < -0.39 is 0 Å².